The second-order valence-corrected chi connectivity index (χ2v) is 5.08. The number of fused-ring (bicyclic) bond motifs is 3. The fourth-order valence-corrected chi connectivity index (χ4v) is 2.72. The average Bonchev–Trinajstić information content (AvgIpc) is 2.96. The Morgan fingerprint density at radius 2 is 1.91 bits per heavy atom. The van der Waals surface area contributed by atoms with E-state index >= 15 is 0 Å². The molecule has 108 valence electrons. The van der Waals surface area contributed by atoms with Gasteiger partial charge in [-0.15, -0.1) is 0 Å². The van der Waals surface area contributed by atoms with E-state index < -0.39 is 6.17 Å². The van der Waals surface area contributed by atoms with E-state index in [2.05, 4.69) is 9.98 Å². The normalized spacial score (nSPS) is 18.8. The van der Waals surface area contributed by atoms with Crippen LogP contribution >= 0.6 is 0 Å². The van der Waals surface area contributed by atoms with Crippen molar-refractivity contribution in [1.29, 1.82) is 0 Å². The van der Waals surface area contributed by atoms with Crippen molar-refractivity contribution in [2.24, 2.45) is 9.98 Å². The Balaban J connectivity index is 1.86. The zero-order valence-corrected chi connectivity index (χ0v) is 11.9. The summed E-state index contributed by atoms with van der Waals surface area (Å²) in [6.45, 7) is 1.53. The third-order valence-electron chi connectivity index (χ3n) is 3.70. The fourth-order valence-electron chi connectivity index (χ4n) is 2.72. The minimum absolute atomic E-state index is 0.0913. The Labute approximate surface area is 127 Å². The molecule has 0 saturated carbocycles. The molecule has 1 atom stereocenters. The summed E-state index contributed by atoms with van der Waals surface area (Å²) in [5.41, 5.74) is 2.70. The van der Waals surface area contributed by atoms with Crippen molar-refractivity contribution < 1.29 is 4.79 Å². The van der Waals surface area contributed by atoms with Gasteiger partial charge in [-0.05, 0) is 24.3 Å². The molecule has 2 aliphatic rings. The summed E-state index contributed by atoms with van der Waals surface area (Å²) in [6.07, 6.45) is 4.65. The molecule has 0 aliphatic carbocycles. The van der Waals surface area contributed by atoms with Gasteiger partial charge in [0.05, 0.1) is 5.69 Å². The van der Waals surface area contributed by atoms with Crippen LogP contribution in [-0.4, -0.2) is 33.1 Å². The second-order valence-electron chi connectivity index (χ2n) is 5.08. The fraction of sp³-hybridized carbons (Fsp3) is 0.125. The molecule has 1 amide bonds. The van der Waals surface area contributed by atoms with Crippen LogP contribution < -0.4 is 0 Å². The van der Waals surface area contributed by atoms with E-state index in [0.29, 0.717) is 0 Å². The molecule has 0 radical (unpaired) electrons. The minimum atomic E-state index is -0.395. The lowest BCUT2D eigenvalue weighted by Gasteiger charge is -2.31. The average molecular weight is 291 g/mol. The molecule has 0 spiro atoms. The van der Waals surface area contributed by atoms with Crippen molar-refractivity contribution in [2.45, 2.75) is 13.1 Å². The first-order valence-electron chi connectivity index (χ1n) is 6.96. The topological polar surface area (TPSA) is 61.2 Å². The first-order valence-corrected chi connectivity index (χ1v) is 6.96. The number of para-hydroxylation sites is 1. The smallest absolute Gasteiger partial charge is 0.240 e. The number of hydrogen-bond donors (Lipinski definition) is 0. The standard InChI is InChI=1S/C16H13N5O/c1-11(22)21-15(12-6-8-17-9-7-12)19-16-13-4-2-3-5-14(13)18-10-20(16)21/h2-10,15H,1H3. The van der Waals surface area contributed by atoms with Gasteiger partial charge in [-0.1, -0.05) is 12.1 Å². The number of aliphatic imine (C=N–C) groups is 2. The molecular formula is C16H13N5O. The van der Waals surface area contributed by atoms with Gasteiger partial charge < -0.3 is 0 Å². The highest BCUT2D eigenvalue weighted by Crippen LogP contribution is 2.35. The van der Waals surface area contributed by atoms with E-state index in [1.165, 1.54) is 6.92 Å². The van der Waals surface area contributed by atoms with Gasteiger partial charge in [0, 0.05) is 30.4 Å². The molecule has 4 rings (SSSR count). The molecule has 1 aromatic heterocycles. The molecule has 1 aromatic carbocycles. The van der Waals surface area contributed by atoms with Gasteiger partial charge in [0.25, 0.3) is 0 Å². The van der Waals surface area contributed by atoms with Gasteiger partial charge in [-0.25, -0.2) is 20.0 Å². The number of carbonyl (C=O) groups excluding carboxylic acids is 1. The number of hydrogen-bond acceptors (Lipinski definition) is 5. The van der Waals surface area contributed by atoms with Crippen LogP contribution in [0.1, 0.15) is 24.2 Å². The van der Waals surface area contributed by atoms with Crippen LogP contribution in [0.15, 0.2) is 58.8 Å². The van der Waals surface area contributed by atoms with Gasteiger partial charge in [0.1, 0.15) is 6.34 Å². The molecule has 6 heteroatoms. The highest BCUT2D eigenvalue weighted by Gasteiger charge is 2.38. The zero-order chi connectivity index (χ0) is 15.1. The molecular weight excluding hydrogens is 278 g/mol. The highest BCUT2D eigenvalue weighted by molar-refractivity contribution is 6.12. The molecule has 2 aromatic rings. The molecule has 0 fully saturated rings. The van der Waals surface area contributed by atoms with Crippen LogP contribution in [0.25, 0.3) is 0 Å². The van der Waals surface area contributed by atoms with Crippen molar-refractivity contribution in [2.75, 3.05) is 0 Å². The number of pyridine rings is 1. The maximum Gasteiger partial charge on any atom is 0.240 e. The van der Waals surface area contributed by atoms with Crippen molar-refractivity contribution in [3.05, 3.63) is 59.9 Å². The minimum Gasteiger partial charge on any atom is -0.273 e. The Kier molecular flexibility index (Phi) is 2.75. The van der Waals surface area contributed by atoms with Crippen LogP contribution in [0.5, 0.6) is 0 Å². The molecule has 1 unspecified atom stereocenters. The molecule has 0 N–H and O–H groups in total. The summed E-state index contributed by atoms with van der Waals surface area (Å²) in [5, 5.41) is 3.32. The molecule has 6 nitrogen and oxygen atoms in total. The van der Waals surface area contributed by atoms with E-state index in [-0.39, 0.29) is 5.91 Å². The van der Waals surface area contributed by atoms with Gasteiger partial charge >= 0.3 is 0 Å². The van der Waals surface area contributed by atoms with Crippen molar-refractivity contribution in [3.63, 3.8) is 0 Å². The number of hydrazine groups is 1. The number of nitrogens with zero attached hydrogens (tertiary/aromatic N) is 5. The summed E-state index contributed by atoms with van der Waals surface area (Å²) in [4.78, 5) is 25.3. The largest absolute Gasteiger partial charge is 0.273 e. The number of amides is 1. The molecule has 2 aliphatic heterocycles. The first kappa shape index (κ1) is 12.7. The summed E-state index contributed by atoms with van der Waals surface area (Å²) >= 11 is 0. The van der Waals surface area contributed by atoms with Crippen molar-refractivity contribution in [1.82, 2.24) is 15.0 Å². The second kappa shape index (κ2) is 4.77. The SMILES string of the molecule is CC(=O)N1C(c2ccncc2)N=C2c3ccccc3N=CN21. The maximum absolute atomic E-state index is 12.1. The third-order valence-corrected chi connectivity index (χ3v) is 3.70. The summed E-state index contributed by atoms with van der Waals surface area (Å²) in [5.74, 6) is 0.647. The zero-order valence-electron chi connectivity index (χ0n) is 11.9. The molecule has 0 saturated heterocycles. The van der Waals surface area contributed by atoms with Crippen LogP contribution in [0.2, 0.25) is 0 Å². The van der Waals surface area contributed by atoms with E-state index in [4.69, 9.17) is 4.99 Å². The Bertz CT molecular complexity index is 799. The lowest BCUT2D eigenvalue weighted by molar-refractivity contribution is -0.138. The van der Waals surface area contributed by atoms with Crippen molar-refractivity contribution >= 4 is 23.8 Å². The monoisotopic (exact) mass is 291 g/mol. The number of aromatic nitrogens is 1. The Morgan fingerprint density at radius 1 is 1.14 bits per heavy atom. The van der Waals surface area contributed by atoms with Gasteiger partial charge in [-0.2, -0.15) is 0 Å². The number of benzene rings is 1. The van der Waals surface area contributed by atoms with Crippen LogP contribution in [0, 0.1) is 0 Å². The summed E-state index contributed by atoms with van der Waals surface area (Å²) < 4.78 is 0. The van der Waals surface area contributed by atoms with Gasteiger partial charge in [-0.3, -0.25) is 9.78 Å². The van der Waals surface area contributed by atoms with Crippen molar-refractivity contribution in [3.8, 4) is 0 Å². The lowest BCUT2D eigenvalue weighted by atomic mass is 10.1. The summed E-state index contributed by atoms with van der Waals surface area (Å²) in [7, 11) is 0. The van der Waals surface area contributed by atoms with Gasteiger partial charge in [0.2, 0.25) is 5.91 Å². The number of carbonyl (C=O) groups is 1. The third kappa shape index (κ3) is 1.81. The first-order chi connectivity index (χ1) is 10.8. The van der Waals surface area contributed by atoms with Crippen LogP contribution in [0.4, 0.5) is 5.69 Å². The maximum atomic E-state index is 12.1. The molecule has 3 heterocycles. The summed E-state index contributed by atoms with van der Waals surface area (Å²) in [6, 6.07) is 11.5. The predicted octanol–water partition coefficient (Wildman–Crippen LogP) is 2.28. The number of rotatable bonds is 1. The Morgan fingerprint density at radius 3 is 2.68 bits per heavy atom. The van der Waals surface area contributed by atoms with Crippen LogP contribution in [-0.2, 0) is 4.79 Å². The highest BCUT2D eigenvalue weighted by atomic mass is 16.2. The van der Waals surface area contributed by atoms with E-state index in [9.17, 15) is 4.79 Å². The predicted molar refractivity (Wildman–Crippen MR) is 82.5 cm³/mol. The molecule has 0 bridgehead atoms. The van der Waals surface area contributed by atoms with E-state index in [1.807, 2.05) is 36.4 Å². The Hall–Kier alpha value is -3.02. The van der Waals surface area contributed by atoms with Gasteiger partial charge in [0.15, 0.2) is 12.0 Å². The van der Waals surface area contributed by atoms with Crippen LogP contribution in [0.3, 0.4) is 0 Å². The van der Waals surface area contributed by atoms with E-state index in [0.717, 1.165) is 22.6 Å². The number of amidine groups is 1. The quantitative estimate of drug-likeness (QED) is 0.810. The molecule has 22 heavy (non-hydrogen) atoms. The van der Waals surface area contributed by atoms with E-state index in [1.54, 1.807) is 28.8 Å². The lowest BCUT2D eigenvalue weighted by Crippen LogP contribution is -2.45.